The first-order chi connectivity index (χ1) is 14.5. The number of aliphatic carboxylic acids is 1. The quantitative estimate of drug-likeness (QED) is 0.406. The number of benzene rings is 2. The van der Waals surface area contributed by atoms with Crippen LogP contribution in [0.25, 0.3) is 0 Å². The molecular formula is C21H23N3O6. The van der Waals surface area contributed by atoms with Crippen LogP contribution in [0.2, 0.25) is 0 Å². The van der Waals surface area contributed by atoms with Gasteiger partial charge in [0.15, 0.2) is 6.61 Å². The van der Waals surface area contributed by atoms with Crippen molar-refractivity contribution in [1.29, 1.82) is 0 Å². The fourth-order valence-corrected chi connectivity index (χ4v) is 2.46. The second-order valence-electron chi connectivity index (χ2n) is 6.08. The van der Waals surface area contributed by atoms with E-state index in [1.54, 1.807) is 43.3 Å². The summed E-state index contributed by atoms with van der Waals surface area (Å²) in [4.78, 5) is 34.5. The van der Waals surface area contributed by atoms with Crippen LogP contribution in [0.15, 0.2) is 59.7 Å². The standard InChI is InChI=1S/C21H23N3O6/c1-2-29-21(28)23-18(16-6-4-3-5-7-16)12-19(25)24-22-13-15-8-10-17(11-9-15)30-14-20(26)27/h3-11,13,18H,2,12,14H2,1H3,(H,23,28)(H,24,25)(H,26,27)/b22-13-/t18-/m1/s1. The van der Waals surface area contributed by atoms with Gasteiger partial charge in [0.1, 0.15) is 5.75 Å². The number of carboxylic acid groups (broad SMARTS) is 1. The van der Waals surface area contributed by atoms with Crippen LogP contribution in [0.4, 0.5) is 4.79 Å². The maximum atomic E-state index is 12.3. The predicted octanol–water partition coefficient (Wildman–Crippen LogP) is 2.48. The lowest BCUT2D eigenvalue weighted by molar-refractivity contribution is -0.139. The number of nitrogens with one attached hydrogen (secondary N) is 2. The topological polar surface area (TPSA) is 126 Å². The van der Waals surface area contributed by atoms with E-state index >= 15 is 0 Å². The van der Waals surface area contributed by atoms with Gasteiger partial charge >= 0.3 is 12.1 Å². The average Bonchev–Trinajstić information content (AvgIpc) is 2.73. The molecule has 0 saturated heterocycles. The third kappa shape index (κ3) is 8.01. The molecule has 0 unspecified atom stereocenters. The summed E-state index contributed by atoms with van der Waals surface area (Å²) < 4.78 is 9.94. The van der Waals surface area contributed by atoms with E-state index < -0.39 is 30.6 Å². The number of rotatable bonds is 10. The highest BCUT2D eigenvalue weighted by Crippen LogP contribution is 2.17. The maximum Gasteiger partial charge on any atom is 0.407 e. The molecule has 0 heterocycles. The highest BCUT2D eigenvalue weighted by molar-refractivity contribution is 5.83. The van der Waals surface area contributed by atoms with Gasteiger partial charge < -0.3 is 19.9 Å². The zero-order chi connectivity index (χ0) is 21.8. The van der Waals surface area contributed by atoms with Gasteiger partial charge in [0.05, 0.1) is 25.3 Å². The lowest BCUT2D eigenvalue weighted by Crippen LogP contribution is -2.33. The summed E-state index contributed by atoms with van der Waals surface area (Å²) in [5.74, 6) is -1.04. The highest BCUT2D eigenvalue weighted by atomic mass is 16.5. The Labute approximate surface area is 173 Å². The van der Waals surface area contributed by atoms with Gasteiger partial charge in [-0.3, -0.25) is 4.79 Å². The number of carbonyl (C=O) groups is 3. The number of carboxylic acids is 1. The Hall–Kier alpha value is -3.88. The fourth-order valence-electron chi connectivity index (χ4n) is 2.46. The van der Waals surface area contributed by atoms with Crippen molar-refractivity contribution in [3.63, 3.8) is 0 Å². The largest absolute Gasteiger partial charge is 0.482 e. The third-order valence-corrected chi connectivity index (χ3v) is 3.80. The molecule has 0 aliphatic heterocycles. The average molecular weight is 413 g/mol. The minimum Gasteiger partial charge on any atom is -0.482 e. The molecule has 30 heavy (non-hydrogen) atoms. The van der Waals surface area contributed by atoms with Crippen LogP contribution in [-0.4, -0.2) is 42.5 Å². The van der Waals surface area contributed by atoms with Crippen molar-refractivity contribution in [1.82, 2.24) is 10.7 Å². The lowest BCUT2D eigenvalue weighted by Gasteiger charge is -2.18. The predicted molar refractivity (Wildman–Crippen MR) is 109 cm³/mol. The van der Waals surface area contributed by atoms with Gasteiger partial charge in [-0.25, -0.2) is 15.0 Å². The number of ether oxygens (including phenoxy) is 2. The molecule has 2 rings (SSSR count). The molecule has 158 valence electrons. The number of alkyl carbamates (subject to hydrolysis) is 1. The summed E-state index contributed by atoms with van der Waals surface area (Å²) in [5.41, 5.74) is 3.87. The second-order valence-corrected chi connectivity index (χ2v) is 6.08. The molecule has 0 radical (unpaired) electrons. The van der Waals surface area contributed by atoms with E-state index in [9.17, 15) is 14.4 Å². The molecule has 2 aromatic rings. The van der Waals surface area contributed by atoms with Gasteiger partial charge in [0.25, 0.3) is 0 Å². The van der Waals surface area contributed by atoms with E-state index in [0.29, 0.717) is 11.3 Å². The molecule has 0 aromatic heterocycles. The van der Waals surface area contributed by atoms with Crippen LogP contribution in [-0.2, 0) is 14.3 Å². The molecule has 0 bridgehead atoms. The van der Waals surface area contributed by atoms with E-state index in [4.69, 9.17) is 14.6 Å². The minimum atomic E-state index is -1.06. The van der Waals surface area contributed by atoms with Crippen LogP contribution in [0.3, 0.4) is 0 Å². The fraction of sp³-hybridized carbons (Fsp3) is 0.238. The monoisotopic (exact) mass is 413 g/mol. The molecule has 2 aromatic carbocycles. The van der Waals surface area contributed by atoms with Gasteiger partial charge in [0.2, 0.25) is 5.91 Å². The zero-order valence-corrected chi connectivity index (χ0v) is 16.4. The molecule has 9 heteroatoms. The first kappa shape index (κ1) is 22.4. The van der Waals surface area contributed by atoms with Gasteiger partial charge in [0, 0.05) is 0 Å². The normalized spacial score (nSPS) is 11.5. The Balaban J connectivity index is 1.91. The summed E-state index contributed by atoms with van der Waals surface area (Å²) in [7, 11) is 0. The number of carbonyl (C=O) groups excluding carboxylic acids is 2. The summed E-state index contributed by atoms with van der Waals surface area (Å²) in [6, 6.07) is 15.1. The smallest absolute Gasteiger partial charge is 0.407 e. The van der Waals surface area contributed by atoms with Crippen molar-refractivity contribution < 1.29 is 29.0 Å². The molecule has 0 aliphatic rings. The third-order valence-electron chi connectivity index (χ3n) is 3.80. The summed E-state index contributed by atoms with van der Waals surface area (Å²) >= 11 is 0. The van der Waals surface area contributed by atoms with Crippen molar-refractivity contribution >= 4 is 24.2 Å². The molecule has 2 amide bonds. The van der Waals surface area contributed by atoms with Gasteiger partial charge in [-0.05, 0) is 42.3 Å². The maximum absolute atomic E-state index is 12.3. The van der Waals surface area contributed by atoms with Crippen LogP contribution >= 0.6 is 0 Å². The first-order valence-electron chi connectivity index (χ1n) is 9.22. The molecular weight excluding hydrogens is 390 g/mol. The molecule has 9 nitrogen and oxygen atoms in total. The molecule has 0 saturated carbocycles. The summed E-state index contributed by atoms with van der Waals surface area (Å²) in [6.45, 7) is 1.50. The first-order valence-corrected chi connectivity index (χ1v) is 9.22. The number of hydrogen-bond acceptors (Lipinski definition) is 6. The minimum absolute atomic E-state index is 0.0257. The molecule has 0 spiro atoms. The molecule has 1 atom stereocenters. The van der Waals surface area contributed by atoms with E-state index in [2.05, 4.69) is 15.8 Å². The molecule has 3 N–H and O–H groups in total. The molecule has 0 aliphatic carbocycles. The van der Waals surface area contributed by atoms with Crippen molar-refractivity contribution in [2.75, 3.05) is 13.2 Å². The number of amides is 2. The SMILES string of the molecule is CCOC(=O)N[C@H](CC(=O)N/N=C\c1ccc(OCC(=O)O)cc1)c1ccccc1. The van der Waals surface area contributed by atoms with Gasteiger partial charge in [-0.1, -0.05) is 30.3 Å². The lowest BCUT2D eigenvalue weighted by atomic mass is 10.0. The van der Waals surface area contributed by atoms with Crippen LogP contribution in [0, 0.1) is 0 Å². The Morgan fingerprint density at radius 2 is 1.80 bits per heavy atom. The van der Waals surface area contributed by atoms with E-state index in [1.165, 1.54) is 6.21 Å². The van der Waals surface area contributed by atoms with E-state index in [0.717, 1.165) is 5.56 Å². The Morgan fingerprint density at radius 3 is 2.43 bits per heavy atom. The van der Waals surface area contributed by atoms with Crippen molar-refractivity contribution in [2.45, 2.75) is 19.4 Å². The Kier molecular flexibility index (Phi) is 8.85. The van der Waals surface area contributed by atoms with Crippen LogP contribution in [0.1, 0.15) is 30.5 Å². The number of nitrogens with zero attached hydrogens (tertiary/aromatic N) is 1. The van der Waals surface area contributed by atoms with E-state index in [-0.39, 0.29) is 13.0 Å². The second kappa shape index (κ2) is 11.8. The zero-order valence-electron chi connectivity index (χ0n) is 16.4. The van der Waals surface area contributed by atoms with E-state index in [1.807, 2.05) is 18.2 Å². The van der Waals surface area contributed by atoms with Crippen LogP contribution in [0.5, 0.6) is 5.75 Å². The van der Waals surface area contributed by atoms with Gasteiger partial charge in [-0.2, -0.15) is 5.10 Å². The number of hydrogen-bond donors (Lipinski definition) is 3. The Bertz CT molecular complexity index is 868. The Morgan fingerprint density at radius 1 is 1.10 bits per heavy atom. The summed E-state index contributed by atoms with van der Waals surface area (Å²) in [6.07, 6.45) is 0.810. The summed E-state index contributed by atoms with van der Waals surface area (Å²) in [5, 5.41) is 15.2. The molecule has 0 fully saturated rings. The van der Waals surface area contributed by atoms with Crippen molar-refractivity contribution in [3.8, 4) is 5.75 Å². The van der Waals surface area contributed by atoms with Gasteiger partial charge in [-0.15, -0.1) is 0 Å². The highest BCUT2D eigenvalue weighted by Gasteiger charge is 2.18. The number of hydrazone groups is 1. The van der Waals surface area contributed by atoms with Crippen LogP contribution < -0.4 is 15.5 Å². The van der Waals surface area contributed by atoms with Crippen molar-refractivity contribution in [2.24, 2.45) is 5.10 Å². The van der Waals surface area contributed by atoms with Crippen molar-refractivity contribution in [3.05, 3.63) is 65.7 Å².